The maximum absolute atomic E-state index is 11.9. The Morgan fingerprint density at radius 2 is 1.71 bits per heavy atom. The zero-order chi connectivity index (χ0) is 16.9. The lowest BCUT2D eigenvalue weighted by molar-refractivity contribution is -0.163. The number of carbonyl (C=O) groups excluding carboxylic acids is 1. The topological polar surface area (TPSA) is 26.3 Å². The van der Waals surface area contributed by atoms with Gasteiger partial charge in [-0.3, -0.25) is 4.79 Å². The Morgan fingerprint density at radius 3 is 2.50 bits per heavy atom. The first-order valence-corrected chi connectivity index (χ1v) is 10.7. The monoisotopic (exact) mass is 332 g/mol. The first kappa shape index (κ1) is 16.9. The fourth-order valence-electron chi connectivity index (χ4n) is 7.68. The van der Waals surface area contributed by atoms with E-state index in [-0.39, 0.29) is 17.5 Å². The Bertz CT molecular complexity index is 500. The number of hydrogen-bond acceptors (Lipinski definition) is 2. The maximum atomic E-state index is 11.9. The van der Waals surface area contributed by atoms with E-state index in [1.165, 1.54) is 57.8 Å². The molecule has 0 N–H and O–H groups in total. The molecular weight excluding hydrogens is 296 g/mol. The molecule has 2 nitrogen and oxygen atoms in total. The number of esters is 1. The minimum atomic E-state index is 0.00643. The average Bonchev–Trinajstić information content (AvgIpc) is 2.91. The molecule has 4 aliphatic carbocycles. The van der Waals surface area contributed by atoms with Crippen LogP contribution in [0.1, 0.15) is 91.4 Å². The standard InChI is InChI=1S/C22H36O2/c1-4-20(23)24-19-11-10-17-16-9-8-15-7-5-6-13-21(15,2)18(16)12-14-22(17,19)3/h15-19H,4-14H2,1-3H3/t15?,16-,17-,18-,19?,21-,22-/m0/s1. The summed E-state index contributed by atoms with van der Waals surface area (Å²) in [6, 6.07) is 0. The molecular formula is C22H36O2. The van der Waals surface area contributed by atoms with E-state index in [0.717, 1.165) is 30.1 Å². The van der Waals surface area contributed by atoms with Gasteiger partial charge in [0, 0.05) is 11.8 Å². The molecule has 0 bridgehead atoms. The molecule has 0 aromatic rings. The lowest BCUT2D eigenvalue weighted by Crippen LogP contribution is -2.53. The van der Waals surface area contributed by atoms with Gasteiger partial charge >= 0.3 is 5.97 Å². The Kier molecular flexibility index (Phi) is 4.24. The number of ether oxygens (including phenoxy) is 1. The summed E-state index contributed by atoms with van der Waals surface area (Å²) < 4.78 is 5.91. The molecule has 0 saturated heterocycles. The van der Waals surface area contributed by atoms with Crippen molar-refractivity contribution >= 4 is 5.97 Å². The van der Waals surface area contributed by atoms with Gasteiger partial charge in [-0.1, -0.05) is 33.6 Å². The summed E-state index contributed by atoms with van der Waals surface area (Å²) in [6.45, 7) is 7.00. The predicted octanol–water partition coefficient (Wildman–Crippen LogP) is 5.74. The van der Waals surface area contributed by atoms with E-state index in [2.05, 4.69) is 13.8 Å². The fraction of sp³-hybridized carbons (Fsp3) is 0.955. The highest BCUT2D eigenvalue weighted by atomic mass is 16.5. The van der Waals surface area contributed by atoms with Crippen molar-refractivity contribution in [1.82, 2.24) is 0 Å². The smallest absolute Gasteiger partial charge is 0.305 e. The molecule has 2 heteroatoms. The Morgan fingerprint density at radius 1 is 0.917 bits per heavy atom. The van der Waals surface area contributed by atoms with E-state index in [0.29, 0.717) is 11.8 Å². The second-order valence-electron chi connectivity index (χ2n) is 9.86. The lowest BCUT2D eigenvalue weighted by Gasteiger charge is -2.60. The largest absolute Gasteiger partial charge is 0.462 e. The highest BCUT2D eigenvalue weighted by molar-refractivity contribution is 5.69. The molecule has 0 aromatic carbocycles. The molecule has 0 spiro atoms. The van der Waals surface area contributed by atoms with Crippen LogP contribution in [0, 0.1) is 34.5 Å². The second kappa shape index (κ2) is 6.02. The lowest BCUT2D eigenvalue weighted by atomic mass is 9.45. The van der Waals surface area contributed by atoms with E-state index >= 15 is 0 Å². The van der Waals surface area contributed by atoms with Gasteiger partial charge in [0.2, 0.25) is 0 Å². The van der Waals surface area contributed by atoms with Crippen LogP contribution in [0.25, 0.3) is 0 Å². The molecule has 4 fully saturated rings. The number of fused-ring (bicyclic) bond motifs is 5. The molecule has 4 aliphatic rings. The average molecular weight is 333 g/mol. The van der Waals surface area contributed by atoms with Crippen molar-refractivity contribution in [1.29, 1.82) is 0 Å². The minimum absolute atomic E-state index is 0.00643. The van der Waals surface area contributed by atoms with E-state index in [9.17, 15) is 4.79 Å². The molecule has 0 amide bonds. The summed E-state index contributed by atoms with van der Waals surface area (Å²) >= 11 is 0. The summed E-state index contributed by atoms with van der Waals surface area (Å²) in [6.07, 6.45) is 14.5. The van der Waals surface area contributed by atoms with Gasteiger partial charge in [-0.25, -0.2) is 0 Å². The van der Waals surface area contributed by atoms with Gasteiger partial charge in [0.05, 0.1) is 0 Å². The molecule has 0 heterocycles. The van der Waals surface area contributed by atoms with Crippen molar-refractivity contribution < 1.29 is 9.53 Å². The first-order chi connectivity index (χ1) is 11.5. The van der Waals surface area contributed by atoms with Crippen molar-refractivity contribution in [3.05, 3.63) is 0 Å². The van der Waals surface area contributed by atoms with Crippen molar-refractivity contribution in [2.75, 3.05) is 0 Å². The molecule has 2 unspecified atom stereocenters. The first-order valence-electron chi connectivity index (χ1n) is 10.7. The third-order valence-corrected chi connectivity index (χ3v) is 9.06. The van der Waals surface area contributed by atoms with Crippen molar-refractivity contribution in [2.24, 2.45) is 34.5 Å². The molecule has 7 atom stereocenters. The molecule has 0 aromatic heterocycles. The Balaban J connectivity index is 1.56. The predicted molar refractivity (Wildman–Crippen MR) is 96.5 cm³/mol. The summed E-state index contributed by atoms with van der Waals surface area (Å²) in [5.74, 6) is 3.63. The van der Waals surface area contributed by atoms with Gasteiger partial charge in [-0.15, -0.1) is 0 Å². The van der Waals surface area contributed by atoms with Crippen LogP contribution in [-0.4, -0.2) is 12.1 Å². The van der Waals surface area contributed by atoms with Gasteiger partial charge in [0.1, 0.15) is 6.10 Å². The van der Waals surface area contributed by atoms with Crippen LogP contribution in [0.2, 0.25) is 0 Å². The second-order valence-corrected chi connectivity index (χ2v) is 9.86. The quantitative estimate of drug-likeness (QED) is 0.603. The Labute approximate surface area is 148 Å². The van der Waals surface area contributed by atoms with Gasteiger partial charge in [-0.05, 0) is 80.5 Å². The van der Waals surface area contributed by atoms with Crippen LogP contribution in [0.3, 0.4) is 0 Å². The number of hydrogen-bond donors (Lipinski definition) is 0. The van der Waals surface area contributed by atoms with Crippen molar-refractivity contribution in [3.63, 3.8) is 0 Å². The summed E-state index contributed by atoms with van der Waals surface area (Å²) in [5, 5.41) is 0. The molecule has 0 radical (unpaired) electrons. The number of carbonyl (C=O) groups is 1. The van der Waals surface area contributed by atoms with Crippen LogP contribution in [0.15, 0.2) is 0 Å². The molecule has 4 saturated carbocycles. The third kappa shape index (κ3) is 2.38. The summed E-state index contributed by atoms with van der Waals surface area (Å²) in [4.78, 5) is 11.9. The van der Waals surface area contributed by atoms with Gasteiger partial charge < -0.3 is 4.74 Å². The van der Waals surface area contributed by atoms with Crippen LogP contribution >= 0.6 is 0 Å². The van der Waals surface area contributed by atoms with Crippen LogP contribution in [-0.2, 0) is 9.53 Å². The molecule has 136 valence electrons. The van der Waals surface area contributed by atoms with Crippen LogP contribution in [0.4, 0.5) is 0 Å². The SMILES string of the molecule is CCC(=O)OC1CC[C@H]2[C@@H]3CCC4CCCC[C@]4(C)[C@H]3CC[C@]12C. The van der Waals surface area contributed by atoms with E-state index in [1.54, 1.807) is 0 Å². The normalized spacial score (nSPS) is 50.5. The van der Waals surface area contributed by atoms with Crippen molar-refractivity contribution in [2.45, 2.75) is 97.5 Å². The van der Waals surface area contributed by atoms with Gasteiger partial charge in [0.15, 0.2) is 0 Å². The van der Waals surface area contributed by atoms with Crippen LogP contribution in [0.5, 0.6) is 0 Å². The van der Waals surface area contributed by atoms with E-state index < -0.39 is 0 Å². The molecule has 0 aliphatic heterocycles. The summed E-state index contributed by atoms with van der Waals surface area (Å²) in [7, 11) is 0. The molecule has 24 heavy (non-hydrogen) atoms. The fourth-order valence-corrected chi connectivity index (χ4v) is 7.68. The highest BCUT2D eigenvalue weighted by Gasteiger charge is 2.60. The zero-order valence-electron chi connectivity index (χ0n) is 16.0. The van der Waals surface area contributed by atoms with Crippen molar-refractivity contribution in [3.8, 4) is 0 Å². The van der Waals surface area contributed by atoms with Gasteiger partial charge in [-0.2, -0.15) is 0 Å². The van der Waals surface area contributed by atoms with Crippen LogP contribution < -0.4 is 0 Å². The Hall–Kier alpha value is -0.530. The van der Waals surface area contributed by atoms with E-state index in [1.807, 2.05) is 6.92 Å². The van der Waals surface area contributed by atoms with Gasteiger partial charge in [0.25, 0.3) is 0 Å². The zero-order valence-corrected chi connectivity index (χ0v) is 16.0. The number of rotatable bonds is 2. The molecule has 4 rings (SSSR count). The highest BCUT2D eigenvalue weighted by Crippen LogP contribution is 2.66. The third-order valence-electron chi connectivity index (χ3n) is 9.06. The minimum Gasteiger partial charge on any atom is -0.462 e. The maximum Gasteiger partial charge on any atom is 0.305 e. The summed E-state index contributed by atoms with van der Waals surface area (Å²) in [5.41, 5.74) is 0.866. The van der Waals surface area contributed by atoms with E-state index in [4.69, 9.17) is 4.74 Å².